The smallest absolute Gasteiger partial charge is 0.137 e. The van der Waals surface area contributed by atoms with Gasteiger partial charge in [-0.1, -0.05) is 6.07 Å². The molecule has 0 radical (unpaired) electrons. The van der Waals surface area contributed by atoms with E-state index in [1.807, 2.05) is 0 Å². The van der Waals surface area contributed by atoms with Gasteiger partial charge in [0.15, 0.2) is 0 Å². The van der Waals surface area contributed by atoms with Gasteiger partial charge in [-0.25, -0.2) is 18.4 Å². The molecule has 0 spiro atoms. The van der Waals surface area contributed by atoms with Crippen LogP contribution in [0, 0.1) is 11.6 Å². The maximum atomic E-state index is 14.3. The molecule has 0 aliphatic carbocycles. The van der Waals surface area contributed by atoms with Crippen LogP contribution in [0.1, 0.15) is 18.5 Å². The first-order chi connectivity index (χ1) is 11.0. The van der Waals surface area contributed by atoms with E-state index in [2.05, 4.69) is 20.3 Å². The molecule has 2 heterocycles. The molecule has 0 aliphatic rings. The van der Waals surface area contributed by atoms with Crippen LogP contribution in [-0.4, -0.2) is 34.9 Å². The summed E-state index contributed by atoms with van der Waals surface area (Å²) < 4.78 is 28.9. The average molecular weight is 320 g/mol. The van der Waals surface area contributed by atoms with E-state index in [1.54, 1.807) is 6.92 Å². The number of hydrogen-bond acceptors (Lipinski definition) is 5. The molecule has 0 bridgehead atoms. The van der Waals surface area contributed by atoms with Gasteiger partial charge in [0, 0.05) is 11.6 Å². The molecular weight excluding hydrogens is 306 g/mol. The molecule has 120 valence electrons. The monoisotopic (exact) mass is 320 g/mol. The summed E-state index contributed by atoms with van der Waals surface area (Å²) >= 11 is 0. The van der Waals surface area contributed by atoms with Crippen molar-refractivity contribution in [2.45, 2.75) is 25.1 Å². The molecule has 0 fully saturated rings. The second-order valence-electron chi connectivity index (χ2n) is 5.17. The number of benzene rings is 1. The van der Waals surface area contributed by atoms with E-state index in [9.17, 15) is 13.9 Å². The molecule has 0 saturated heterocycles. The molecular formula is C14H14F2N6O. The summed E-state index contributed by atoms with van der Waals surface area (Å²) in [5.74, 6) is -1.58. The summed E-state index contributed by atoms with van der Waals surface area (Å²) in [7, 11) is 0. The largest absolute Gasteiger partial charge is 0.381 e. The Morgan fingerprint density at radius 1 is 1.22 bits per heavy atom. The minimum Gasteiger partial charge on any atom is -0.381 e. The summed E-state index contributed by atoms with van der Waals surface area (Å²) in [6, 6.07) is 2.29. The number of halogens is 2. The van der Waals surface area contributed by atoms with Crippen molar-refractivity contribution in [3.8, 4) is 0 Å². The van der Waals surface area contributed by atoms with E-state index in [0.717, 1.165) is 12.1 Å². The topological polar surface area (TPSA) is 81.6 Å². The van der Waals surface area contributed by atoms with E-state index >= 15 is 0 Å². The van der Waals surface area contributed by atoms with Gasteiger partial charge in [-0.15, -0.1) is 0 Å². The maximum absolute atomic E-state index is 14.3. The Morgan fingerprint density at radius 3 is 2.57 bits per heavy atom. The summed E-state index contributed by atoms with van der Waals surface area (Å²) in [6.45, 7) is 1.54. The van der Waals surface area contributed by atoms with Crippen molar-refractivity contribution < 1.29 is 13.9 Å². The van der Waals surface area contributed by atoms with Crippen LogP contribution >= 0.6 is 0 Å². The van der Waals surface area contributed by atoms with Gasteiger partial charge in [0.05, 0.1) is 18.9 Å². The van der Waals surface area contributed by atoms with Crippen molar-refractivity contribution >= 4 is 0 Å². The lowest BCUT2D eigenvalue weighted by Gasteiger charge is -2.34. The standard InChI is InChI=1S/C14H14F2N6O/c1-10(22-18-4-5-19-22)14(23,7-21-9-17-8-20-21)12-3-2-11(15)6-13(12)16/h2-6,8-10,23H,7H2,1H3/t10-,14+/m1/s1. The highest BCUT2D eigenvalue weighted by molar-refractivity contribution is 5.26. The van der Waals surface area contributed by atoms with Crippen molar-refractivity contribution in [2.75, 3.05) is 0 Å². The van der Waals surface area contributed by atoms with Gasteiger partial charge >= 0.3 is 0 Å². The number of hydrogen-bond donors (Lipinski definition) is 1. The predicted octanol–water partition coefficient (Wildman–Crippen LogP) is 1.30. The molecule has 0 saturated carbocycles. The van der Waals surface area contributed by atoms with E-state index < -0.39 is 23.3 Å². The fourth-order valence-corrected chi connectivity index (χ4v) is 2.46. The zero-order valence-corrected chi connectivity index (χ0v) is 12.2. The summed E-state index contributed by atoms with van der Waals surface area (Å²) in [5.41, 5.74) is -1.83. The van der Waals surface area contributed by atoms with Gasteiger partial charge < -0.3 is 5.11 Å². The van der Waals surface area contributed by atoms with Crippen molar-refractivity contribution in [2.24, 2.45) is 0 Å². The second-order valence-corrected chi connectivity index (χ2v) is 5.17. The molecule has 0 unspecified atom stereocenters. The summed E-state index contributed by atoms with van der Waals surface area (Å²) in [5, 5.41) is 23.1. The SMILES string of the molecule is C[C@@H](n1nccn1)[C@@](O)(Cn1cncn1)c1ccc(F)cc1F. The van der Waals surface area contributed by atoms with Crippen LogP contribution in [0.3, 0.4) is 0 Å². The van der Waals surface area contributed by atoms with Crippen molar-refractivity contribution in [1.82, 2.24) is 29.8 Å². The molecule has 3 rings (SSSR count). The summed E-state index contributed by atoms with van der Waals surface area (Å²) in [6.07, 6.45) is 5.61. The average Bonchev–Trinajstić information content (AvgIpc) is 3.19. The van der Waals surface area contributed by atoms with E-state index in [-0.39, 0.29) is 12.1 Å². The lowest BCUT2D eigenvalue weighted by molar-refractivity contribution is -0.0413. The minimum atomic E-state index is -1.76. The van der Waals surface area contributed by atoms with Crippen LogP contribution < -0.4 is 0 Å². The Balaban J connectivity index is 2.08. The molecule has 23 heavy (non-hydrogen) atoms. The van der Waals surface area contributed by atoms with Crippen molar-refractivity contribution in [1.29, 1.82) is 0 Å². The molecule has 2 aromatic heterocycles. The van der Waals surface area contributed by atoms with Gasteiger partial charge in [0.1, 0.15) is 35.9 Å². The highest BCUT2D eigenvalue weighted by Gasteiger charge is 2.41. The van der Waals surface area contributed by atoms with Crippen LogP contribution in [-0.2, 0) is 12.1 Å². The van der Waals surface area contributed by atoms with Gasteiger partial charge in [0.25, 0.3) is 0 Å². The Bertz CT molecular complexity index is 777. The van der Waals surface area contributed by atoms with Crippen LogP contribution in [0.2, 0.25) is 0 Å². The Hall–Kier alpha value is -2.68. The van der Waals surface area contributed by atoms with Crippen LogP contribution in [0.4, 0.5) is 8.78 Å². The Morgan fingerprint density at radius 2 is 1.96 bits per heavy atom. The third kappa shape index (κ3) is 2.82. The maximum Gasteiger partial charge on any atom is 0.137 e. The Labute approximate surface area is 130 Å². The number of rotatable bonds is 5. The molecule has 1 N–H and O–H groups in total. The lowest BCUT2D eigenvalue weighted by atomic mass is 9.86. The van der Waals surface area contributed by atoms with Crippen LogP contribution in [0.15, 0.2) is 43.2 Å². The normalized spacial score (nSPS) is 15.3. The highest BCUT2D eigenvalue weighted by atomic mass is 19.1. The number of nitrogens with zero attached hydrogens (tertiary/aromatic N) is 6. The molecule has 0 amide bonds. The first-order valence-corrected chi connectivity index (χ1v) is 6.87. The van der Waals surface area contributed by atoms with Crippen LogP contribution in [0.25, 0.3) is 0 Å². The van der Waals surface area contributed by atoms with Crippen molar-refractivity contribution in [3.63, 3.8) is 0 Å². The van der Waals surface area contributed by atoms with Gasteiger partial charge in [0.2, 0.25) is 0 Å². The number of aromatic nitrogens is 6. The summed E-state index contributed by atoms with van der Waals surface area (Å²) in [4.78, 5) is 5.07. The van der Waals surface area contributed by atoms with Gasteiger partial charge in [-0.3, -0.25) is 0 Å². The first kappa shape index (κ1) is 15.2. The molecule has 7 nitrogen and oxygen atoms in total. The lowest BCUT2D eigenvalue weighted by Crippen LogP contribution is -2.41. The first-order valence-electron chi connectivity index (χ1n) is 6.87. The van der Waals surface area contributed by atoms with E-state index in [1.165, 1.54) is 40.6 Å². The fraction of sp³-hybridized carbons (Fsp3) is 0.286. The molecule has 3 aromatic rings. The zero-order chi connectivity index (χ0) is 16.4. The second kappa shape index (κ2) is 5.84. The third-order valence-electron chi connectivity index (χ3n) is 3.74. The van der Waals surface area contributed by atoms with Crippen LogP contribution in [0.5, 0.6) is 0 Å². The zero-order valence-electron chi connectivity index (χ0n) is 12.2. The molecule has 0 aliphatic heterocycles. The fourth-order valence-electron chi connectivity index (χ4n) is 2.46. The van der Waals surface area contributed by atoms with E-state index in [4.69, 9.17) is 0 Å². The van der Waals surface area contributed by atoms with E-state index in [0.29, 0.717) is 0 Å². The number of aliphatic hydroxyl groups is 1. The highest BCUT2D eigenvalue weighted by Crippen LogP contribution is 2.35. The third-order valence-corrected chi connectivity index (χ3v) is 3.74. The quantitative estimate of drug-likeness (QED) is 0.766. The van der Waals surface area contributed by atoms with Gasteiger partial charge in [-0.2, -0.15) is 20.1 Å². The molecule has 9 heteroatoms. The molecule has 1 aromatic carbocycles. The van der Waals surface area contributed by atoms with Gasteiger partial charge in [-0.05, 0) is 13.0 Å². The molecule has 2 atom stereocenters. The Kier molecular flexibility index (Phi) is 3.87. The predicted molar refractivity (Wildman–Crippen MR) is 75.0 cm³/mol. The minimum absolute atomic E-state index is 0.0702. The van der Waals surface area contributed by atoms with Crippen molar-refractivity contribution in [3.05, 3.63) is 60.4 Å².